The fraction of sp³-hybridized carbons (Fsp3) is 0.737. The highest BCUT2D eigenvalue weighted by Crippen LogP contribution is 2.38. The molecule has 7 nitrogen and oxygen atoms in total. The molecule has 27 heavy (non-hydrogen) atoms. The van der Waals surface area contributed by atoms with E-state index in [9.17, 15) is 9.59 Å². The number of aryl methyl sites for hydroxylation is 1. The molecule has 0 N–H and O–H groups in total. The Balaban J connectivity index is 2.17. The Kier molecular flexibility index (Phi) is 6.83. The fourth-order valence-electron chi connectivity index (χ4n) is 3.42. The zero-order valence-electron chi connectivity index (χ0n) is 16.9. The number of aromatic nitrogens is 2. The lowest BCUT2D eigenvalue weighted by atomic mass is 9.73. The molecule has 2 heterocycles. The number of piperidine rings is 1. The molecule has 1 amide bonds. The number of thiol groups is 1. The van der Waals surface area contributed by atoms with Gasteiger partial charge in [0.25, 0.3) is 0 Å². The van der Waals surface area contributed by atoms with E-state index in [1.165, 1.54) is 4.09 Å². The summed E-state index contributed by atoms with van der Waals surface area (Å²) in [7, 11) is 0. The van der Waals surface area contributed by atoms with E-state index in [-0.39, 0.29) is 12.1 Å². The lowest BCUT2D eigenvalue weighted by Gasteiger charge is -2.40. The third-order valence-electron chi connectivity index (χ3n) is 4.81. The summed E-state index contributed by atoms with van der Waals surface area (Å²) in [5.74, 6) is -0.206. The SMILES string of the molecule is CCOC(=O)C1(Cc2cn(S)nc2CC)CCN(C(=O)OC(C)(C)C)CC1. The third kappa shape index (κ3) is 5.40. The summed E-state index contributed by atoms with van der Waals surface area (Å²) in [5.41, 5.74) is 0.744. The van der Waals surface area contributed by atoms with Gasteiger partial charge in [0.1, 0.15) is 5.60 Å². The first-order valence-corrected chi connectivity index (χ1v) is 9.92. The summed E-state index contributed by atoms with van der Waals surface area (Å²) in [5, 5.41) is 4.36. The van der Waals surface area contributed by atoms with Crippen LogP contribution in [0.3, 0.4) is 0 Å². The molecule has 1 fully saturated rings. The van der Waals surface area contributed by atoms with Crippen molar-refractivity contribution in [3.05, 3.63) is 17.5 Å². The third-order valence-corrected chi connectivity index (χ3v) is 5.01. The zero-order chi connectivity index (χ0) is 20.2. The van der Waals surface area contributed by atoms with Crippen molar-refractivity contribution in [3.8, 4) is 0 Å². The van der Waals surface area contributed by atoms with Gasteiger partial charge in [0.2, 0.25) is 0 Å². The predicted octanol–water partition coefficient (Wildman–Crippen LogP) is 3.26. The Morgan fingerprint density at radius 2 is 1.89 bits per heavy atom. The van der Waals surface area contributed by atoms with Gasteiger partial charge in [-0.2, -0.15) is 5.10 Å². The van der Waals surface area contributed by atoms with Crippen molar-refractivity contribution in [2.45, 2.75) is 65.9 Å². The van der Waals surface area contributed by atoms with Gasteiger partial charge in [0, 0.05) is 19.3 Å². The van der Waals surface area contributed by atoms with Crippen LogP contribution >= 0.6 is 12.8 Å². The predicted molar refractivity (Wildman–Crippen MR) is 106 cm³/mol. The number of hydrogen-bond donors (Lipinski definition) is 1. The van der Waals surface area contributed by atoms with Gasteiger partial charge in [-0.25, -0.2) is 8.88 Å². The first-order chi connectivity index (χ1) is 12.6. The van der Waals surface area contributed by atoms with Crippen molar-refractivity contribution in [3.63, 3.8) is 0 Å². The molecule has 0 bridgehead atoms. The summed E-state index contributed by atoms with van der Waals surface area (Å²) in [6.45, 7) is 10.6. The maximum atomic E-state index is 12.8. The second-order valence-electron chi connectivity index (χ2n) is 8.02. The molecule has 2 rings (SSSR count). The molecular weight excluding hydrogens is 366 g/mol. The second kappa shape index (κ2) is 8.54. The van der Waals surface area contributed by atoms with E-state index in [4.69, 9.17) is 9.47 Å². The van der Waals surface area contributed by atoms with Crippen LogP contribution in [0.25, 0.3) is 0 Å². The topological polar surface area (TPSA) is 73.7 Å². The molecular formula is C19H31N3O4S. The first-order valence-electron chi connectivity index (χ1n) is 9.52. The average Bonchev–Trinajstić information content (AvgIpc) is 2.93. The monoisotopic (exact) mass is 397 g/mol. The Labute approximate surface area is 166 Å². The van der Waals surface area contributed by atoms with Crippen LogP contribution in [0.1, 0.15) is 58.7 Å². The van der Waals surface area contributed by atoms with Crippen molar-refractivity contribution < 1.29 is 19.1 Å². The van der Waals surface area contributed by atoms with Crippen LogP contribution in [0.2, 0.25) is 0 Å². The molecule has 152 valence electrons. The van der Waals surface area contributed by atoms with Crippen LogP contribution < -0.4 is 0 Å². The van der Waals surface area contributed by atoms with Crippen LogP contribution in [-0.4, -0.2) is 51.4 Å². The van der Waals surface area contributed by atoms with Crippen LogP contribution in [0.15, 0.2) is 6.20 Å². The highest BCUT2D eigenvalue weighted by Gasteiger charge is 2.44. The van der Waals surface area contributed by atoms with Crippen molar-refractivity contribution in [2.24, 2.45) is 5.41 Å². The lowest BCUT2D eigenvalue weighted by Crippen LogP contribution is -2.49. The standard InChI is InChI=1S/C19H31N3O4S/c1-6-15-14(13-22(27)20-15)12-19(16(23)25-7-2)8-10-21(11-9-19)17(24)26-18(3,4)5/h13,27H,6-12H2,1-5H3. The van der Waals surface area contributed by atoms with Gasteiger partial charge in [-0.3, -0.25) is 4.79 Å². The molecule has 0 aromatic carbocycles. The minimum atomic E-state index is -0.657. The minimum Gasteiger partial charge on any atom is -0.466 e. The summed E-state index contributed by atoms with van der Waals surface area (Å²) < 4.78 is 12.3. The van der Waals surface area contributed by atoms with E-state index in [0.717, 1.165) is 17.7 Å². The van der Waals surface area contributed by atoms with Crippen molar-refractivity contribution in [2.75, 3.05) is 19.7 Å². The van der Waals surface area contributed by atoms with Crippen LogP contribution in [-0.2, 0) is 27.1 Å². The number of carbonyl (C=O) groups excluding carboxylic acids is 2. The summed E-state index contributed by atoms with van der Waals surface area (Å²) >= 11 is 4.27. The number of nitrogens with zero attached hydrogens (tertiary/aromatic N) is 3. The maximum Gasteiger partial charge on any atom is 0.410 e. The van der Waals surface area contributed by atoms with Crippen LogP contribution in [0.4, 0.5) is 4.79 Å². The van der Waals surface area contributed by atoms with E-state index in [2.05, 4.69) is 17.9 Å². The Hall–Kier alpha value is -1.70. The van der Waals surface area contributed by atoms with Crippen molar-refractivity contribution in [1.82, 2.24) is 14.1 Å². The van der Waals surface area contributed by atoms with Crippen molar-refractivity contribution >= 4 is 24.9 Å². The average molecular weight is 398 g/mol. The van der Waals surface area contributed by atoms with Gasteiger partial charge in [-0.1, -0.05) is 6.92 Å². The first kappa shape index (κ1) is 21.6. The van der Waals surface area contributed by atoms with Gasteiger partial charge in [0.05, 0.1) is 17.7 Å². The van der Waals surface area contributed by atoms with E-state index in [1.54, 1.807) is 4.90 Å². The van der Waals surface area contributed by atoms with Crippen LogP contribution in [0, 0.1) is 5.41 Å². The molecule has 1 aromatic rings. The Morgan fingerprint density at radius 3 is 2.41 bits per heavy atom. The van der Waals surface area contributed by atoms with E-state index in [0.29, 0.717) is 39.0 Å². The molecule has 0 aliphatic carbocycles. The quantitative estimate of drug-likeness (QED) is 0.610. The number of ether oxygens (including phenoxy) is 2. The normalized spacial score (nSPS) is 16.9. The van der Waals surface area contributed by atoms with Crippen LogP contribution in [0.5, 0.6) is 0 Å². The number of hydrogen-bond acceptors (Lipinski definition) is 6. The number of likely N-dealkylation sites (tertiary alicyclic amines) is 1. The smallest absolute Gasteiger partial charge is 0.410 e. The fourth-order valence-corrected chi connectivity index (χ4v) is 3.67. The molecule has 0 spiro atoms. The molecule has 1 aromatic heterocycles. The second-order valence-corrected chi connectivity index (χ2v) is 8.43. The summed E-state index contributed by atoms with van der Waals surface area (Å²) in [6, 6.07) is 0. The molecule has 0 unspecified atom stereocenters. The largest absolute Gasteiger partial charge is 0.466 e. The Bertz CT molecular complexity index is 673. The maximum absolute atomic E-state index is 12.8. The Morgan fingerprint density at radius 1 is 1.26 bits per heavy atom. The zero-order valence-corrected chi connectivity index (χ0v) is 17.8. The van der Waals surface area contributed by atoms with E-state index >= 15 is 0 Å². The molecule has 8 heteroatoms. The molecule has 1 aliphatic heterocycles. The lowest BCUT2D eigenvalue weighted by molar-refractivity contribution is -0.158. The van der Waals surface area contributed by atoms with Gasteiger partial charge in [0.15, 0.2) is 0 Å². The number of rotatable bonds is 5. The summed E-state index contributed by atoms with van der Waals surface area (Å²) in [4.78, 5) is 26.9. The molecule has 0 radical (unpaired) electrons. The number of carbonyl (C=O) groups is 2. The van der Waals surface area contributed by atoms with Crippen molar-refractivity contribution in [1.29, 1.82) is 0 Å². The number of amides is 1. The minimum absolute atomic E-state index is 0.206. The van der Waals surface area contributed by atoms with Gasteiger partial charge >= 0.3 is 12.1 Å². The van der Waals surface area contributed by atoms with Gasteiger partial charge < -0.3 is 14.4 Å². The van der Waals surface area contributed by atoms with E-state index in [1.807, 2.05) is 40.8 Å². The molecule has 1 saturated heterocycles. The molecule has 1 aliphatic rings. The van der Waals surface area contributed by atoms with E-state index < -0.39 is 11.0 Å². The number of esters is 1. The highest BCUT2D eigenvalue weighted by molar-refractivity contribution is 7.78. The molecule has 0 atom stereocenters. The van der Waals surface area contributed by atoms with Gasteiger partial charge in [-0.15, -0.1) is 0 Å². The van der Waals surface area contributed by atoms with Gasteiger partial charge in [-0.05, 0) is 71.8 Å². The highest BCUT2D eigenvalue weighted by atomic mass is 32.1. The summed E-state index contributed by atoms with van der Waals surface area (Å²) in [6.07, 6.45) is 3.89. The molecule has 0 saturated carbocycles.